The average molecular weight is 341 g/mol. The van der Waals surface area contributed by atoms with E-state index in [1.54, 1.807) is 0 Å². The molecule has 1 fully saturated rings. The summed E-state index contributed by atoms with van der Waals surface area (Å²) < 4.78 is 0.940. The monoisotopic (exact) mass is 340 g/mol. The molecule has 2 rings (SSSR count). The SMILES string of the molecule is CC(NCC(O)c1cccc(Br)c1)C(=O)N1CCCC1. The van der Waals surface area contributed by atoms with E-state index in [1.165, 1.54) is 0 Å². The minimum absolute atomic E-state index is 0.129. The molecule has 0 aliphatic carbocycles. The Morgan fingerprint density at radius 3 is 2.80 bits per heavy atom. The highest BCUT2D eigenvalue weighted by molar-refractivity contribution is 9.10. The van der Waals surface area contributed by atoms with Crippen LogP contribution in [0, 0.1) is 0 Å². The van der Waals surface area contributed by atoms with Crippen molar-refractivity contribution in [1.82, 2.24) is 10.2 Å². The highest BCUT2D eigenvalue weighted by Crippen LogP contribution is 2.18. The van der Waals surface area contributed by atoms with E-state index in [2.05, 4.69) is 21.2 Å². The van der Waals surface area contributed by atoms with Crippen molar-refractivity contribution in [1.29, 1.82) is 0 Å². The van der Waals surface area contributed by atoms with Crippen molar-refractivity contribution in [3.05, 3.63) is 34.3 Å². The molecule has 5 heteroatoms. The smallest absolute Gasteiger partial charge is 0.239 e. The topological polar surface area (TPSA) is 52.6 Å². The van der Waals surface area contributed by atoms with E-state index in [1.807, 2.05) is 36.1 Å². The van der Waals surface area contributed by atoms with E-state index >= 15 is 0 Å². The van der Waals surface area contributed by atoms with Crippen LogP contribution >= 0.6 is 15.9 Å². The lowest BCUT2D eigenvalue weighted by atomic mass is 10.1. The number of aliphatic hydroxyl groups is 1. The highest BCUT2D eigenvalue weighted by atomic mass is 79.9. The average Bonchev–Trinajstić information content (AvgIpc) is 2.97. The minimum Gasteiger partial charge on any atom is -0.387 e. The fourth-order valence-electron chi connectivity index (χ4n) is 2.42. The molecule has 0 aromatic heterocycles. The maximum Gasteiger partial charge on any atom is 0.239 e. The number of carbonyl (C=O) groups is 1. The summed E-state index contributed by atoms with van der Waals surface area (Å²) in [7, 11) is 0. The Morgan fingerprint density at radius 2 is 2.15 bits per heavy atom. The van der Waals surface area contributed by atoms with Gasteiger partial charge in [-0.2, -0.15) is 0 Å². The number of likely N-dealkylation sites (tertiary alicyclic amines) is 1. The van der Waals surface area contributed by atoms with Gasteiger partial charge in [-0.15, -0.1) is 0 Å². The predicted octanol–water partition coefficient (Wildman–Crippen LogP) is 2.08. The van der Waals surface area contributed by atoms with Crippen molar-refractivity contribution in [3.8, 4) is 0 Å². The molecule has 2 N–H and O–H groups in total. The third-order valence-corrected chi connectivity index (χ3v) is 4.13. The normalized spacial score (nSPS) is 18.1. The van der Waals surface area contributed by atoms with Crippen molar-refractivity contribution < 1.29 is 9.90 Å². The molecule has 0 spiro atoms. The van der Waals surface area contributed by atoms with E-state index in [0.29, 0.717) is 6.54 Å². The number of carbonyl (C=O) groups excluding carboxylic acids is 1. The quantitative estimate of drug-likeness (QED) is 0.862. The zero-order valence-corrected chi connectivity index (χ0v) is 13.3. The molecule has 1 heterocycles. The summed E-state index contributed by atoms with van der Waals surface area (Å²) in [5.74, 6) is 0.129. The van der Waals surface area contributed by atoms with Crippen LogP contribution in [0.1, 0.15) is 31.4 Å². The van der Waals surface area contributed by atoms with Crippen LogP contribution in [0.4, 0.5) is 0 Å². The van der Waals surface area contributed by atoms with E-state index in [-0.39, 0.29) is 11.9 Å². The molecule has 1 saturated heterocycles. The van der Waals surface area contributed by atoms with Gasteiger partial charge in [0.15, 0.2) is 0 Å². The largest absolute Gasteiger partial charge is 0.387 e. The van der Waals surface area contributed by atoms with Crippen molar-refractivity contribution in [3.63, 3.8) is 0 Å². The van der Waals surface area contributed by atoms with Crippen LogP contribution in [0.25, 0.3) is 0 Å². The molecule has 1 aliphatic heterocycles. The Labute approximate surface area is 128 Å². The van der Waals surface area contributed by atoms with Crippen LogP contribution in [0.3, 0.4) is 0 Å². The molecule has 0 saturated carbocycles. The maximum absolute atomic E-state index is 12.1. The lowest BCUT2D eigenvalue weighted by Crippen LogP contribution is -2.44. The summed E-state index contributed by atoms with van der Waals surface area (Å²) in [5.41, 5.74) is 0.840. The fourth-order valence-corrected chi connectivity index (χ4v) is 2.84. The molecule has 110 valence electrons. The Bertz CT molecular complexity index is 461. The molecule has 1 aromatic carbocycles. The first-order chi connectivity index (χ1) is 9.58. The zero-order chi connectivity index (χ0) is 14.5. The number of hydrogen-bond donors (Lipinski definition) is 2. The third kappa shape index (κ3) is 4.04. The second kappa shape index (κ2) is 7.20. The maximum atomic E-state index is 12.1. The van der Waals surface area contributed by atoms with Crippen LogP contribution < -0.4 is 5.32 Å². The molecule has 0 radical (unpaired) electrons. The fraction of sp³-hybridized carbons (Fsp3) is 0.533. The first-order valence-corrected chi connectivity index (χ1v) is 7.83. The van der Waals surface area contributed by atoms with Gasteiger partial charge in [0, 0.05) is 24.1 Å². The van der Waals surface area contributed by atoms with Gasteiger partial charge in [-0.05, 0) is 37.5 Å². The van der Waals surface area contributed by atoms with Gasteiger partial charge in [0.2, 0.25) is 5.91 Å². The summed E-state index contributed by atoms with van der Waals surface area (Å²) in [5, 5.41) is 13.3. The van der Waals surface area contributed by atoms with Crippen LogP contribution in [0.15, 0.2) is 28.7 Å². The Hall–Kier alpha value is -0.910. The van der Waals surface area contributed by atoms with Gasteiger partial charge in [-0.25, -0.2) is 0 Å². The predicted molar refractivity (Wildman–Crippen MR) is 82.4 cm³/mol. The van der Waals surface area contributed by atoms with Crippen LogP contribution in [-0.4, -0.2) is 41.6 Å². The molecule has 1 amide bonds. The first-order valence-electron chi connectivity index (χ1n) is 7.03. The van der Waals surface area contributed by atoms with E-state index < -0.39 is 6.10 Å². The van der Waals surface area contributed by atoms with Crippen molar-refractivity contribution in [2.75, 3.05) is 19.6 Å². The molecular weight excluding hydrogens is 320 g/mol. The number of nitrogens with one attached hydrogen (secondary N) is 1. The number of nitrogens with zero attached hydrogens (tertiary/aromatic N) is 1. The lowest BCUT2D eigenvalue weighted by Gasteiger charge is -2.22. The van der Waals surface area contributed by atoms with Crippen LogP contribution in [-0.2, 0) is 4.79 Å². The zero-order valence-electron chi connectivity index (χ0n) is 11.7. The van der Waals surface area contributed by atoms with Crippen LogP contribution in [0.5, 0.6) is 0 Å². The Morgan fingerprint density at radius 1 is 1.45 bits per heavy atom. The number of hydrogen-bond acceptors (Lipinski definition) is 3. The second-order valence-electron chi connectivity index (χ2n) is 5.23. The first kappa shape index (κ1) is 15.5. The second-order valence-corrected chi connectivity index (χ2v) is 6.15. The standard InChI is InChI=1S/C15H21BrN2O2/c1-11(15(20)18-7-2-3-8-18)17-10-14(19)12-5-4-6-13(16)9-12/h4-6,9,11,14,17,19H,2-3,7-8,10H2,1H3. The summed E-state index contributed by atoms with van der Waals surface area (Å²) in [6, 6.07) is 7.32. The van der Waals surface area contributed by atoms with Crippen molar-refractivity contribution >= 4 is 21.8 Å². The number of amides is 1. The third-order valence-electron chi connectivity index (χ3n) is 3.64. The summed E-state index contributed by atoms with van der Waals surface area (Å²) in [4.78, 5) is 14.0. The van der Waals surface area contributed by atoms with Gasteiger partial charge in [0.05, 0.1) is 12.1 Å². The molecule has 2 atom stereocenters. The molecule has 1 aromatic rings. The van der Waals surface area contributed by atoms with Gasteiger partial charge < -0.3 is 15.3 Å². The van der Waals surface area contributed by atoms with Crippen molar-refractivity contribution in [2.24, 2.45) is 0 Å². The van der Waals surface area contributed by atoms with E-state index in [0.717, 1.165) is 36.0 Å². The lowest BCUT2D eigenvalue weighted by molar-refractivity contribution is -0.132. The molecule has 4 nitrogen and oxygen atoms in total. The molecule has 1 aliphatic rings. The van der Waals surface area contributed by atoms with Gasteiger partial charge in [0.25, 0.3) is 0 Å². The van der Waals surface area contributed by atoms with E-state index in [9.17, 15) is 9.90 Å². The molecule has 20 heavy (non-hydrogen) atoms. The number of benzene rings is 1. The van der Waals surface area contributed by atoms with E-state index in [4.69, 9.17) is 0 Å². The summed E-state index contributed by atoms with van der Waals surface area (Å²) in [6.07, 6.45) is 1.58. The Kier molecular flexibility index (Phi) is 5.57. The van der Waals surface area contributed by atoms with Gasteiger partial charge >= 0.3 is 0 Å². The summed E-state index contributed by atoms with van der Waals surface area (Å²) >= 11 is 3.39. The summed E-state index contributed by atoms with van der Waals surface area (Å²) in [6.45, 7) is 3.95. The number of halogens is 1. The van der Waals surface area contributed by atoms with Gasteiger partial charge in [-0.3, -0.25) is 4.79 Å². The molecule has 2 unspecified atom stereocenters. The minimum atomic E-state index is -0.610. The molecular formula is C15H21BrN2O2. The number of aliphatic hydroxyl groups excluding tert-OH is 1. The van der Waals surface area contributed by atoms with Gasteiger partial charge in [-0.1, -0.05) is 28.1 Å². The van der Waals surface area contributed by atoms with Gasteiger partial charge in [0.1, 0.15) is 0 Å². The van der Waals surface area contributed by atoms with Crippen molar-refractivity contribution in [2.45, 2.75) is 31.9 Å². The number of rotatable bonds is 5. The molecule has 0 bridgehead atoms. The highest BCUT2D eigenvalue weighted by Gasteiger charge is 2.23. The van der Waals surface area contributed by atoms with Crippen LogP contribution in [0.2, 0.25) is 0 Å². The Balaban J connectivity index is 1.83.